The van der Waals surface area contributed by atoms with E-state index in [9.17, 15) is 4.79 Å². The van der Waals surface area contributed by atoms with Crippen LogP contribution in [0.5, 0.6) is 11.5 Å². The minimum absolute atomic E-state index is 0.0850. The third-order valence-corrected chi connectivity index (χ3v) is 6.63. The predicted octanol–water partition coefficient (Wildman–Crippen LogP) is 5.21. The van der Waals surface area contributed by atoms with Crippen molar-refractivity contribution in [1.82, 2.24) is 5.32 Å². The fourth-order valence-corrected chi connectivity index (χ4v) is 4.91. The Labute approximate surface area is 191 Å². The number of hydrogen-bond acceptors (Lipinski definition) is 4. The van der Waals surface area contributed by atoms with Gasteiger partial charge in [-0.1, -0.05) is 50.6 Å². The monoisotopic (exact) mass is 434 g/mol. The van der Waals surface area contributed by atoms with E-state index in [1.165, 1.54) is 16.8 Å². The molecule has 2 aliphatic rings. The first kappa shape index (κ1) is 22.3. The number of carbonyl (C=O) groups is 1. The normalized spacial score (nSPS) is 21.3. The van der Waals surface area contributed by atoms with E-state index in [0.717, 1.165) is 23.5 Å². The number of nitrogens with zero attached hydrogens (tertiary/aromatic N) is 1. The maximum atomic E-state index is 12.6. The number of amides is 1. The lowest BCUT2D eigenvalue weighted by Crippen LogP contribution is -2.68. The largest absolute Gasteiger partial charge is 0.490 e. The minimum Gasteiger partial charge on any atom is -0.490 e. The molecule has 0 unspecified atom stereocenters. The van der Waals surface area contributed by atoms with Crippen molar-refractivity contribution >= 4 is 17.7 Å². The summed E-state index contributed by atoms with van der Waals surface area (Å²) in [6, 6.07) is 12.6. The zero-order valence-electron chi connectivity index (χ0n) is 19.8. The maximum Gasteiger partial charge on any atom is 0.223 e. The van der Waals surface area contributed by atoms with Gasteiger partial charge in [0.2, 0.25) is 5.91 Å². The van der Waals surface area contributed by atoms with Gasteiger partial charge < -0.3 is 19.7 Å². The number of rotatable bonds is 7. The van der Waals surface area contributed by atoms with Crippen LogP contribution in [0.1, 0.15) is 57.2 Å². The van der Waals surface area contributed by atoms with Crippen LogP contribution in [0.15, 0.2) is 42.5 Å². The second-order valence-corrected chi connectivity index (χ2v) is 9.18. The highest BCUT2D eigenvalue weighted by molar-refractivity contribution is 5.84. The van der Waals surface area contributed by atoms with Crippen LogP contribution in [0.2, 0.25) is 0 Å². The molecule has 170 valence electrons. The molecule has 4 rings (SSSR count). The van der Waals surface area contributed by atoms with E-state index < -0.39 is 5.66 Å². The minimum atomic E-state index is -0.623. The van der Waals surface area contributed by atoms with Crippen molar-refractivity contribution in [2.45, 2.75) is 58.5 Å². The Hall–Kier alpha value is -2.95. The molecule has 0 saturated carbocycles. The summed E-state index contributed by atoms with van der Waals surface area (Å²) in [5.41, 5.74) is 3.78. The Morgan fingerprint density at radius 2 is 1.91 bits per heavy atom. The topological polar surface area (TPSA) is 50.8 Å². The van der Waals surface area contributed by atoms with E-state index in [1.807, 2.05) is 25.1 Å². The molecule has 0 bridgehead atoms. The molecular formula is C27H34N2O3. The number of nitrogens with one attached hydrogen (secondary N) is 1. The smallest absolute Gasteiger partial charge is 0.223 e. The number of carbonyl (C=O) groups excluding carboxylic acids is 1. The van der Waals surface area contributed by atoms with Gasteiger partial charge in [-0.15, -0.1) is 0 Å². The van der Waals surface area contributed by atoms with Gasteiger partial charge in [0.15, 0.2) is 11.5 Å². The van der Waals surface area contributed by atoms with Gasteiger partial charge in [-0.25, -0.2) is 0 Å². The number of ether oxygens (including phenoxy) is 2. The lowest BCUT2D eigenvalue weighted by molar-refractivity contribution is -0.124. The maximum absolute atomic E-state index is 12.6. The van der Waals surface area contributed by atoms with Gasteiger partial charge in [-0.05, 0) is 55.7 Å². The van der Waals surface area contributed by atoms with Crippen LogP contribution < -0.4 is 19.7 Å². The molecule has 2 aromatic carbocycles. The Balaban J connectivity index is 1.74. The molecule has 1 saturated heterocycles. The molecular weight excluding hydrogens is 400 g/mol. The average molecular weight is 435 g/mol. The van der Waals surface area contributed by atoms with E-state index in [0.29, 0.717) is 26.2 Å². The molecule has 1 amide bonds. The summed E-state index contributed by atoms with van der Waals surface area (Å²) in [5, 5.41) is 3.34. The quantitative estimate of drug-likeness (QED) is 0.650. The summed E-state index contributed by atoms with van der Waals surface area (Å²) in [5.74, 6) is 1.59. The molecule has 5 heteroatoms. The fraction of sp³-hybridized carbons (Fsp3) is 0.444. The summed E-state index contributed by atoms with van der Waals surface area (Å²) < 4.78 is 11.7. The van der Waals surface area contributed by atoms with Crippen molar-refractivity contribution < 1.29 is 14.3 Å². The summed E-state index contributed by atoms with van der Waals surface area (Å²) in [6.45, 7) is 12.5. The van der Waals surface area contributed by atoms with Gasteiger partial charge >= 0.3 is 0 Å². The van der Waals surface area contributed by atoms with Gasteiger partial charge in [0.1, 0.15) is 5.66 Å². The number of hydrogen-bond donors (Lipinski definition) is 1. The van der Waals surface area contributed by atoms with E-state index >= 15 is 0 Å². The standard InChI is InChI=1S/C27H34N2O3/c1-6-16-32-23-11-9-20(18-24(23)31-7-2)12-14-27-26(4,5)21-17-19(3)8-10-22(21)29(27)15-13-25(30)28-27/h8-12,14,17-18H,6-7,13,15-16H2,1-5H3,(H,28,30)/t27-/m0/s1. The highest BCUT2D eigenvalue weighted by atomic mass is 16.5. The predicted molar refractivity (Wildman–Crippen MR) is 129 cm³/mol. The fourth-order valence-electron chi connectivity index (χ4n) is 4.91. The van der Waals surface area contributed by atoms with Gasteiger partial charge in [0.05, 0.1) is 13.2 Å². The number of benzene rings is 2. The third-order valence-electron chi connectivity index (χ3n) is 6.63. The van der Waals surface area contributed by atoms with Crippen LogP contribution in [0.4, 0.5) is 5.69 Å². The lowest BCUT2D eigenvalue weighted by Gasteiger charge is -2.49. The molecule has 2 aliphatic heterocycles. The Bertz CT molecular complexity index is 1040. The molecule has 0 spiro atoms. The Morgan fingerprint density at radius 3 is 2.66 bits per heavy atom. The molecule has 2 aromatic rings. The third kappa shape index (κ3) is 3.64. The number of anilines is 1. The van der Waals surface area contributed by atoms with Crippen molar-refractivity contribution in [2.75, 3.05) is 24.7 Å². The second kappa shape index (κ2) is 8.53. The molecule has 0 aliphatic carbocycles. The average Bonchev–Trinajstić information content (AvgIpc) is 2.95. The van der Waals surface area contributed by atoms with Gasteiger partial charge in [-0.2, -0.15) is 0 Å². The molecule has 5 nitrogen and oxygen atoms in total. The van der Waals surface area contributed by atoms with E-state index in [4.69, 9.17) is 9.47 Å². The number of fused-ring (bicyclic) bond motifs is 3. The molecule has 1 fully saturated rings. The van der Waals surface area contributed by atoms with E-state index in [2.05, 4.69) is 68.3 Å². The molecule has 1 N–H and O–H groups in total. The van der Waals surface area contributed by atoms with E-state index in [1.54, 1.807) is 0 Å². The number of aryl methyl sites for hydroxylation is 1. The first-order valence-corrected chi connectivity index (χ1v) is 11.6. The first-order valence-electron chi connectivity index (χ1n) is 11.6. The molecule has 0 aromatic heterocycles. The molecule has 32 heavy (non-hydrogen) atoms. The van der Waals surface area contributed by atoms with Crippen LogP contribution in [0.25, 0.3) is 6.08 Å². The van der Waals surface area contributed by atoms with Crippen LogP contribution in [0.3, 0.4) is 0 Å². The van der Waals surface area contributed by atoms with Crippen LogP contribution >= 0.6 is 0 Å². The molecule has 1 atom stereocenters. The van der Waals surface area contributed by atoms with Crippen molar-refractivity contribution in [3.63, 3.8) is 0 Å². The van der Waals surface area contributed by atoms with E-state index in [-0.39, 0.29) is 11.3 Å². The van der Waals surface area contributed by atoms with Gasteiger partial charge in [0.25, 0.3) is 0 Å². The van der Waals surface area contributed by atoms with Gasteiger partial charge in [-0.3, -0.25) is 4.79 Å². The van der Waals surface area contributed by atoms with Crippen LogP contribution in [0, 0.1) is 6.92 Å². The van der Waals surface area contributed by atoms with Crippen LogP contribution in [-0.2, 0) is 10.2 Å². The van der Waals surface area contributed by atoms with Crippen LogP contribution in [-0.4, -0.2) is 31.3 Å². The SMILES string of the molecule is CCCOc1ccc(C=C[C@]23NC(=O)CCN2c2ccc(C)cc2C3(C)C)cc1OCC. The summed E-state index contributed by atoms with van der Waals surface area (Å²) in [6.07, 6.45) is 5.68. The summed E-state index contributed by atoms with van der Waals surface area (Å²) in [7, 11) is 0. The first-order chi connectivity index (χ1) is 15.3. The van der Waals surface area contributed by atoms with Crippen molar-refractivity contribution in [3.05, 3.63) is 59.2 Å². The van der Waals surface area contributed by atoms with Gasteiger partial charge in [0, 0.05) is 24.1 Å². The van der Waals surface area contributed by atoms with Crippen molar-refractivity contribution in [2.24, 2.45) is 0 Å². The molecule has 0 radical (unpaired) electrons. The zero-order valence-corrected chi connectivity index (χ0v) is 19.8. The van der Waals surface area contributed by atoms with Crippen molar-refractivity contribution in [1.29, 1.82) is 0 Å². The molecule has 2 heterocycles. The summed E-state index contributed by atoms with van der Waals surface area (Å²) in [4.78, 5) is 15.0. The van der Waals surface area contributed by atoms with Crippen molar-refractivity contribution in [3.8, 4) is 11.5 Å². The second-order valence-electron chi connectivity index (χ2n) is 9.18. The highest BCUT2D eigenvalue weighted by Crippen LogP contribution is 2.52. The highest BCUT2D eigenvalue weighted by Gasteiger charge is 2.57. The lowest BCUT2D eigenvalue weighted by atomic mass is 9.74. The zero-order chi connectivity index (χ0) is 22.9. The Kier molecular flexibility index (Phi) is 5.93. The summed E-state index contributed by atoms with van der Waals surface area (Å²) >= 11 is 0. The Morgan fingerprint density at radius 1 is 1.09 bits per heavy atom.